The minimum Gasteiger partial charge on any atom is -0.336 e. The second kappa shape index (κ2) is 8.16. The predicted octanol–water partition coefficient (Wildman–Crippen LogP) is 2.49. The van der Waals surface area contributed by atoms with Crippen molar-refractivity contribution in [2.45, 2.75) is 19.9 Å². The van der Waals surface area contributed by atoms with Crippen LogP contribution < -0.4 is 4.31 Å². The third kappa shape index (κ3) is 4.31. The van der Waals surface area contributed by atoms with Crippen LogP contribution in [0.2, 0.25) is 0 Å². The number of nitrogens with zero attached hydrogens (tertiary/aromatic N) is 3. The van der Waals surface area contributed by atoms with Crippen molar-refractivity contribution < 1.29 is 13.2 Å². The second-order valence-corrected chi connectivity index (χ2v) is 9.80. The summed E-state index contributed by atoms with van der Waals surface area (Å²) in [6.45, 7) is 6.53. The molecule has 0 saturated carbocycles. The van der Waals surface area contributed by atoms with Crippen molar-refractivity contribution in [1.82, 2.24) is 9.80 Å². The normalized spacial score (nSPS) is 19.5. The van der Waals surface area contributed by atoms with E-state index in [4.69, 9.17) is 0 Å². The second-order valence-electron chi connectivity index (χ2n) is 7.79. The molecule has 29 heavy (non-hydrogen) atoms. The third-order valence-electron chi connectivity index (χ3n) is 5.80. The molecule has 2 aromatic rings. The minimum absolute atomic E-state index is 0.0287. The van der Waals surface area contributed by atoms with E-state index >= 15 is 0 Å². The van der Waals surface area contributed by atoms with Crippen LogP contribution in [0.3, 0.4) is 0 Å². The molecule has 0 N–H and O–H groups in total. The maximum absolute atomic E-state index is 13.0. The van der Waals surface area contributed by atoms with Crippen molar-refractivity contribution in [2.24, 2.45) is 0 Å². The SMILES string of the molecule is Cc1ccccc1CN1CCN(C(=O)c2cccc(N3CCCS3(=O)=O)c2)CC1. The number of piperazine rings is 1. The molecule has 1 amide bonds. The van der Waals surface area contributed by atoms with Crippen LogP contribution >= 0.6 is 0 Å². The van der Waals surface area contributed by atoms with Gasteiger partial charge in [-0.1, -0.05) is 30.3 Å². The maximum Gasteiger partial charge on any atom is 0.254 e. The Kier molecular flexibility index (Phi) is 5.61. The summed E-state index contributed by atoms with van der Waals surface area (Å²) in [5.74, 6) is 0.146. The van der Waals surface area contributed by atoms with E-state index < -0.39 is 10.0 Å². The van der Waals surface area contributed by atoms with Gasteiger partial charge in [0.2, 0.25) is 10.0 Å². The molecule has 2 heterocycles. The summed E-state index contributed by atoms with van der Waals surface area (Å²) in [6.07, 6.45) is 0.628. The van der Waals surface area contributed by atoms with E-state index in [0.717, 1.165) is 19.6 Å². The van der Waals surface area contributed by atoms with Crippen molar-refractivity contribution in [3.8, 4) is 0 Å². The Hall–Kier alpha value is -2.38. The first-order valence-corrected chi connectivity index (χ1v) is 11.7. The van der Waals surface area contributed by atoms with Crippen LogP contribution in [-0.4, -0.2) is 62.6 Å². The van der Waals surface area contributed by atoms with Gasteiger partial charge in [0.15, 0.2) is 0 Å². The fourth-order valence-electron chi connectivity index (χ4n) is 4.04. The minimum atomic E-state index is -3.25. The zero-order chi connectivity index (χ0) is 20.4. The van der Waals surface area contributed by atoms with Crippen LogP contribution in [0, 0.1) is 6.92 Å². The van der Waals surface area contributed by atoms with Gasteiger partial charge in [-0.25, -0.2) is 8.42 Å². The number of rotatable bonds is 4. The van der Waals surface area contributed by atoms with Crippen LogP contribution in [0.1, 0.15) is 27.9 Å². The number of carbonyl (C=O) groups excluding carboxylic acids is 1. The van der Waals surface area contributed by atoms with Crippen molar-refractivity contribution in [2.75, 3.05) is 42.8 Å². The molecule has 4 rings (SSSR count). The van der Waals surface area contributed by atoms with Gasteiger partial charge in [0, 0.05) is 44.8 Å². The number of amides is 1. The van der Waals surface area contributed by atoms with Gasteiger partial charge < -0.3 is 4.90 Å². The topological polar surface area (TPSA) is 60.9 Å². The number of hydrogen-bond donors (Lipinski definition) is 0. The molecule has 0 bridgehead atoms. The summed E-state index contributed by atoms with van der Waals surface area (Å²) in [6, 6.07) is 15.4. The molecule has 0 atom stereocenters. The first kappa shape index (κ1) is 19.9. The lowest BCUT2D eigenvalue weighted by atomic mass is 10.1. The molecule has 0 spiro atoms. The zero-order valence-corrected chi connectivity index (χ0v) is 17.6. The molecule has 6 nitrogen and oxygen atoms in total. The Morgan fingerprint density at radius 1 is 0.966 bits per heavy atom. The Balaban J connectivity index is 1.40. The number of aryl methyl sites for hydroxylation is 1. The standard InChI is InChI=1S/C22H27N3O3S/c1-18-6-2-3-7-20(18)17-23-11-13-24(14-12-23)22(26)19-8-4-9-21(16-19)25-10-5-15-29(25,27)28/h2-4,6-9,16H,5,10-15,17H2,1H3. The van der Waals surface area contributed by atoms with Gasteiger partial charge in [0.05, 0.1) is 11.4 Å². The van der Waals surface area contributed by atoms with Gasteiger partial charge in [-0.05, 0) is 42.7 Å². The first-order chi connectivity index (χ1) is 13.9. The summed E-state index contributed by atoms with van der Waals surface area (Å²) in [5.41, 5.74) is 3.76. The van der Waals surface area contributed by atoms with Crippen LogP contribution in [0.25, 0.3) is 0 Å². The quantitative estimate of drug-likeness (QED) is 0.773. The van der Waals surface area contributed by atoms with Crippen molar-refractivity contribution in [3.05, 3.63) is 65.2 Å². The monoisotopic (exact) mass is 413 g/mol. The summed E-state index contributed by atoms with van der Waals surface area (Å²) in [4.78, 5) is 17.2. The molecule has 2 fully saturated rings. The summed E-state index contributed by atoms with van der Waals surface area (Å²) < 4.78 is 25.8. The number of benzene rings is 2. The van der Waals surface area contributed by atoms with Gasteiger partial charge in [0.25, 0.3) is 5.91 Å². The van der Waals surface area contributed by atoms with Gasteiger partial charge in [0.1, 0.15) is 0 Å². The van der Waals surface area contributed by atoms with Crippen molar-refractivity contribution in [3.63, 3.8) is 0 Å². The van der Waals surface area contributed by atoms with Crippen molar-refractivity contribution >= 4 is 21.6 Å². The Morgan fingerprint density at radius 2 is 1.72 bits per heavy atom. The summed E-state index contributed by atoms with van der Waals surface area (Å²) in [7, 11) is -3.25. The molecule has 0 radical (unpaired) electrons. The first-order valence-electron chi connectivity index (χ1n) is 10.1. The third-order valence-corrected chi connectivity index (χ3v) is 7.66. The number of anilines is 1. The van der Waals surface area contributed by atoms with E-state index in [0.29, 0.717) is 37.3 Å². The lowest BCUT2D eigenvalue weighted by Crippen LogP contribution is -2.48. The lowest BCUT2D eigenvalue weighted by molar-refractivity contribution is 0.0628. The number of sulfonamides is 1. The van der Waals surface area contributed by atoms with Crippen molar-refractivity contribution in [1.29, 1.82) is 0 Å². The number of carbonyl (C=O) groups is 1. The molecule has 154 valence electrons. The van der Waals surface area contributed by atoms with E-state index in [1.54, 1.807) is 24.3 Å². The Bertz CT molecular complexity index is 998. The van der Waals surface area contributed by atoms with Gasteiger partial charge in [-0.15, -0.1) is 0 Å². The van der Waals surface area contributed by atoms with Gasteiger partial charge in [-0.2, -0.15) is 0 Å². The van der Waals surface area contributed by atoms with E-state index in [9.17, 15) is 13.2 Å². The highest BCUT2D eigenvalue weighted by molar-refractivity contribution is 7.93. The highest BCUT2D eigenvalue weighted by atomic mass is 32.2. The largest absolute Gasteiger partial charge is 0.336 e. The van der Waals surface area contributed by atoms with E-state index in [1.165, 1.54) is 15.4 Å². The fraction of sp³-hybridized carbons (Fsp3) is 0.409. The van der Waals surface area contributed by atoms with E-state index in [1.807, 2.05) is 4.90 Å². The maximum atomic E-state index is 13.0. The fourth-order valence-corrected chi connectivity index (χ4v) is 5.60. The molecular weight excluding hydrogens is 386 g/mol. The van der Waals surface area contributed by atoms with Crippen LogP contribution in [0.5, 0.6) is 0 Å². The molecule has 7 heteroatoms. The smallest absolute Gasteiger partial charge is 0.254 e. The lowest BCUT2D eigenvalue weighted by Gasteiger charge is -2.35. The summed E-state index contributed by atoms with van der Waals surface area (Å²) >= 11 is 0. The molecular formula is C22H27N3O3S. The van der Waals surface area contributed by atoms with E-state index in [2.05, 4.69) is 36.1 Å². The highest BCUT2D eigenvalue weighted by Crippen LogP contribution is 2.25. The molecule has 2 saturated heterocycles. The average molecular weight is 414 g/mol. The Morgan fingerprint density at radius 3 is 2.41 bits per heavy atom. The molecule has 2 aromatic carbocycles. The molecule has 2 aliphatic rings. The number of hydrogen-bond acceptors (Lipinski definition) is 4. The predicted molar refractivity (Wildman–Crippen MR) is 115 cm³/mol. The average Bonchev–Trinajstić information content (AvgIpc) is 3.09. The Labute approximate surface area is 172 Å². The zero-order valence-electron chi connectivity index (χ0n) is 16.8. The van der Waals surface area contributed by atoms with E-state index in [-0.39, 0.29) is 11.7 Å². The molecule has 0 aromatic heterocycles. The van der Waals surface area contributed by atoms with Gasteiger partial charge >= 0.3 is 0 Å². The van der Waals surface area contributed by atoms with Crippen LogP contribution in [-0.2, 0) is 16.6 Å². The van der Waals surface area contributed by atoms with Crippen LogP contribution in [0.15, 0.2) is 48.5 Å². The van der Waals surface area contributed by atoms with Crippen LogP contribution in [0.4, 0.5) is 5.69 Å². The molecule has 2 aliphatic heterocycles. The summed E-state index contributed by atoms with van der Waals surface area (Å²) in [5, 5.41) is 0. The highest BCUT2D eigenvalue weighted by Gasteiger charge is 2.29. The molecule has 0 unspecified atom stereocenters. The molecule has 0 aliphatic carbocycles. The van der Waals surface area contributed by atoms with Gasteiger partial charge in [-0.3, -0.25) is 14.0 Å².